The molecule has 2 heterocycles. The van der Waals surface area contributed by atoms with Crippen LogP contribution in [0.1, 0.15) is 38.5 Å². The van der Waals surface area contributed by atoms with E-state index < -0.39 is 7.26 Å². The van der Waals surface area contributed by atoms with Gasteiger partial charge in [0.25, 0.3) is 0 Å². The maximum absolute atomic E-state index is 1.70. The second-order valence-electron chi connectivity index (χ2n) is 4.62. The van der Waals surface area contributed by atoms with Crippen molar-refractivity contribution in [2.75, 3.05) is 24.6 Å². The second kappa shape index (κ2) is 3.44. The minimum atomic E-state index is -0.570. The zero-order valence-electron chi connectivity index (χ0n) is 7.57. The summed E-state index contributed by atoms with van der Waals surface area (Å²) in [5.41, 5.74) is 0. The van der Waals surface area contributed by atoms with E-state index in [1.54, 1.807) is 63.2 Å². The molecular weight excluding hydrogens is 151 g/mol. The van der Waals surface area contributed by atoms with Gasteiger partial charge in [-0.15, -0.1) is 0 Å². The van der Waals surface area contributed by atoms with E-state index in [-0.39, 0.29) is 0 Å². The van der Waals surface area contributed by atoms with Crippen LogP contribution in [0.5, 0.6) is 0 Å². The van der Waals surface area contributed by atoms with Crippen molar-refractivity contribution in [3.63, 3.8) is 0 Å². The first-order valence-electron chi connectivity index (χ1n) is 5.41. The maximum atomic E-state index is 1.70. The Hall–Kier alpha value is 0.430. The van der Waals surface area contributed by atoms with E-state index in [4.69, 9.17) is 0 Å². The zero-order chi connectivity index (χ0) is 7.57. The van der Waals surface area contributed by atoms with Crippen LogP contribution in [0.2, 0.25) is 0 Å². The zero-order valence-corrected chi connectivity index (χ0v) is 8.57. The third-order valence-electron chi connectivity index (χ3n) is 3.83. The van der Waals surface area contributed by atoms with Crippen LogP contribution in [-0.2, 0) is 0 Å². The topological polar surface area (TPSA) is 0 Å². The molecule has 1 heteroatoms. The first-order valence-corrected chi connectivity index (χ1v) is 8.24. The molecule has 0 aromatic heterocycles. The Morgan fingerprint density at radius 2 is 0.818 bits per heavy atom. The number of rotatable bonds is 0. The van der Waals surface area contributed by atoms with Gasteiger partial charge in [-0.1, -0.05) is 0 Å². The molecule has 0 aromatic rings. The molecule has 0 aliphatic carbocycles. The Morgan fingerprint density at radius 1 is 0.455 bits per heavy atom. The molecule has 2 aliphatic heterocycles. The Labute approximate surface area is 71.1 Å². The molecule has 2 fully saturated rings. The van der Waals surface area contributed by atoms with Gasteiger partial charge in [-0.3, -0.25) is 0 Å². The van der Waals surface area contributed by atoms with Crippen molar-refractivity contribution < 1.29 is 0 Å². The molecule has 0 amide bonds. The van der Waals surface area contributed by atoms with E-state index >= 15 is 0 Å². The van der Waals surface area contributed by atoms with Crippen molar-refractivity contribution >= 4 is 7.26 Å². The van der Waals surface area contributed by atoms with E-state index in [1.165, 1.54) is 0 Å². The van der Waals surface area contributed by atoms with Gasteiger partial charge >= 0.3 is 70.4 Å². The van der Waals surface area contributed by atoms with Crippen LogP contribution in [-0.4, -0.2) is 24.6 Å². The van der Waals surface area contributed by atoms with Gasteiger partial charge < -0.3 is 0 Å². The molecule has 66 valence electrons. The molecule has 2 aliphatic rings. The standard InChI is InChI=1S/C10H21P/c1-3-7-11(8-4-1)9-5-2-6-10-11/h11H,1-10H2. The summed E-state index contributed by atoms with van der Waals surface area (Å²) in [6.45, 7) is 0. The van der Waals surface area contributed by atoms with Crippen LogP contribution in [0.15, 0.2) is 0 Å². The van der Waals surface area contributed by atoms with Crippen LogP contribution in [0.25, 0.3) is 0 Å². The summed E-state index contributed by atoms with van der Waals surface area (Å²) in [6.07, 6.45) is 16.3. The minimum absolute atomic E-state index is 0.570. The van der Waals surface area contributed by atoms with Gasteiger partial charge in [0, 0.05) is 0 Å². The summed E-state index contributed by atoms with van der Waals surface area (Å²) in [5, 5.41) is 0. The van der Waals surface area contributed by atoms with E-state index in [0.717, 1.165) is 0 Å². The predicted octanol–water partition coefficient (Wildman–Crippen LogP) is 3.10. The first-order chi connectivity index (χ1) is 5.41. The molecule has 0 nitrogen and oxygen atoms in total. The summed E-state index contributed by atoms with van der Waals surface area (Å²) < 4.78 is 0. The van der Waals surface area contributed by atoms with E-state index in [0.29, 0.717) is 0 Å². The third kappa shape index (κ3) is 1.78. The van der Waals surface area contributed by atoms with Crippen molar-refractivity contribution in [2.24, 2.45) is 0 Å². The van der Waals surface area contributed by atoms with Gasteiger partial charge in [0.1, 0.15) is 0 Å². The Kier molecular flexibility index (Phi) is 2.51. The molecule has 2 saturated heterocycles. The normalized spacial score (nSPS) is 33.5. The van der Waals surface area contributed by atoms with Crippen molar-refractivity contribution in [3.8, 4) is 0 Å². The van der Waals surface area contributed by atoms with Gasteiger partial charge in [0.05, 0.1) is 0 Å². The van der Waals surface area contributed by atoms with Crippen molar-refractivity contribution in [3.05, 3.63) is 0 Å². The van der Waals surface area contributed by atoms with Crippen LogP contribution in [0, 0.1) is 0 Å². The molecular formula is C10H21P. The molecule has 11 heavy (non-hydrogen) atoms. The molecule has 2 rings (SSSR count). The molecule has 0 unspecified atom stereocenters. The van der Waals surface area contributed by atoms with Crippen molar-refractivity contribution in [1.82, 2.24) is 0 Å². The summed E-state index contributed by atoms with van der Waals surface area (Å²) in [6, 6.07) is 0. The van der Waals surface area contributed by atoms with Gasteiger partial charge in [-0.05, 0) is 0 Å². The van der Waals surface area contributed by atoms with Crippen LogP contribution in [0.4, 0.5) is 0 Å². The van der Waals surface area contributed by atoms with Crippen molar-refractivity contribution in [2.45, 2.75) is 38.5 Å². The summed E-state index contributed by atoms with van der Waals surface area (Å²) >= 11 is 0. The summed E-state index contributed by atoms with van der Waals surface area (Å²) in [5.74, 6) is 0. The second-order valence-corrected chi connectivity index (χ2v) is 9.62. The molecule has 0 bridgehead atoms. The average molecular weight is 172 g/mol. The molecule has 0 atom stereocenters. The fraction of sp³-hybridized carbons (Fsp3) is 1.00. The van der Waals surface area contributed by atoms with Gasteiger partial charge in [0.2, 0.25) is 0 Å². The first kappa shape index (κ1) is 8.05. The summed E-state index contributed by atoms with van der Waals surface area (Å²) in [7, 11) is -0.570. The Morgan fingerprint density at radius 3 is 1.18 bits per heavy atom. The molecule has 0 N–H and O–H groups in total. The van der Waals surface area contributed by atoms with E-state index in [9.17, 15) is 0 Å². The molecule has 0 saturated carbocycles. The van der Waals surface area contributed by atoms with Crippen molar-refractivity contribution in [1.29, 1.82) is 0 Å². The number of hydrogen-bond donors (Lipinski definition) is 0. The molecule has 1 spiro atoms. The fourth-order valence-corrected chi connectivity index (χ4v) is 8.60. The monoisotopic (exact) mass is 172 g/mol. The SMILES string of the molecule is C1CC[PH]2(CC1)CCCCC2. The number of hydrogen-bond acceptors (Lipinski definition) is 0. The van der Waals surface area contributed by atoms with Gasteiger partial charge in [0.15, 0.2) is 0 Å². The fourth-order valence-electron chi connectivity index (χ4n) is 3.10. The van der Waals surface area contributed by atoms with Gasteiger partial charge in [-0.2, -0.15) is 0 Å². The van der Waals surface area contributed by atoms with Crippen LogP contribution in [0.3, 0.4) is 0 Å². The van der Waals surface area contributed by atoms with Crippen LogP contribution >= 0.6 is 7.26 Å². The molecule has 0 radical (unpaired) electrons. The van der Waals surface area contributed by atoms with E-state index in [1.807, 2.05) is 0 Å². The van der Waals surface area contributed by atoms with Crippen LogP contribution < -0.4 is 0 Å². The molecule has 0 aromatic carbocycles. The summed E-state index contributed by atoms with van der Waals surface area (Å²) in [4.78, 5) is 0. The third-order valence-corrected chi connectivity index (χ3v) is 9.49. The van der Waals surface area contributed by atoms with Gasteiger partial charge in [-0.25, -0.2) is 0 Å². The quantitative estimate of drug-likeness (QED) is 0.492. The predicted molar refractivity (Wildman–Crippen MR) is 55.5 cm³/mol. The Balaban J connectivity index is 1.94. The van der Waals surface area contributed by atoms with E-state index in [2.05, 4.69) is 0 Å². The average Bonchev–Trinajstić information content (AvgIpc) is 2.07. The Bertz CT molecular complexity index is 99.3.